The molecule has 2 N–H and O–H groups in total. The molecule has 0 unspecified atom stereocenters. The average Bonchev–Trinajstić information content (AvgIpc) is 2.86. The zero-order valence-corrected chi connectivity index (χ0v) is 10.9. The molecule has 0 aromatic carbocycles. The Kier molecular flexibility index (Phi) is 3.83. The quantitative estimate of drug-likeness (QED) is 0.879. The Hall–Kier alpha value is -2.02. The molecule has 1 amide bonds. The molecule has 0 radical (unpaired) electrons. The molecule has 2 aromatic rings. The van der Waals surface area contributed by atoms with Gasteiger partial charge in [-0.2, -0.15) is 0 Å². The van der Waals surface area contributed by atoms with Crippen molar-refractivity contribution in [2.45, 2.75) is 13.3 Å². The standard InChI is InChI=1S/C11H13N5OS/c1-3-9-15-16-11(18-9)14-10(17)8-6-7(12-2)4-5-13-8/h4-6H,3H2,1-2H3,(H,12,13)(H,14,16,17). The van der Waals surface area contributed by atoms with E-state index < -0.39 is 0 Å². The van der Waals surface area contributed by atoms with E-state index in [4.69, 9.17) is 0 Å². The van der Waals surface area contributed by atoms with E-state index in [2.05, 4.69) is 25.8 Å². The number of carbonyl (C=O) groups is 1. The highest BCUT2D eigenvalue weighted by molar-refractivity contribution is 7.15. The lowest BCUT2D eigenvalue weighted by Crippen LogP contribution is -2.13. The second-order valence-electron chi connectivity index (χ2n) is 3.49. The molecule has 6 nitrogen and oxygen atoms in total. The van der Waals surface area contributed by atoms with Gasteiger partial charge in [0.2, 0.25) is 5.13 Å². The molecule has 7 heteroatoms. The van der Waals surface area contributed by atoms with Gasteiger partial charge < -0.3 is 5.32 Å². The van der Waals surface area contributed by atoms with E-state index in [-0.39, 0.29) is 5.91 Å². The van der Waals surface area contributed by atoms with Crippen LogP contribution >= 0.6 is 11.3 Å². The summed E-state index contributed by atoms with van der Waals surface area (Å²) >= 11 is 1.37. The fourth-order valence-electron chi connectivity index (χ4n) is 1.32. The van der Waals surface area contributed by atoms with Crippen LogP contribution in [0.3, 0.4) is 0 Å². The zero-order valence-electron chi connectivity index (χ0n) is 10.1. The van der Waals surface area contributed by atoms with Crippen LogP contribution in [0.5, 0.6) is 0 Å². The van der Waals surface area contributed by atoms with Gasteiger partial charge in [-0.1, -0.05) is 18.3 Å². The number of nitrogens with zero attached hydrogens (tertiary/aromatic N) is 3. The Morgan fingerprint density at radius 3 is 2.94 bits per heavy atom. The van der Waals surface area contributed by atoms with Crippen molar-refractivity contribution in [3.05, 3.63) is 29.0 Å². The molecule has 0 fully saturated rings. The number of rotatable bonds is 4. The summed E-state index contributed by atoms with van der Waals surface area (Å²) < 4.78 is 0. The number of aryl methyl sites for hydroxylation is 1. The van der Waals surface area contributed by atoms with Gasteiger partial charge in [0, 0.05) is 18.9 Å². The van der Waals surface area contributed by atoms with Crippen LogP contribution in [0.15, 0.2) is 18.3 Å². The van der Waals surface area contributed by atoms with Crippen molar-refractivity contribution >= 4 is 28.1 Å². The van der Waals surface area contributed by atoms with Crippen LogP contribution in [-0.4, -0.2) is 28.1 Å². The minimum atomic E-state index is -0.286. The lowest BCUT2D eigenvalue weighted by molar-refractivity contribution is 0.102. The summed E-state index contributed by atoms with van der Waals surface area (Å²) in [6, 6.07) is 3.47. The molecule has 0 aliphatic carbocycles. The monoisotopic (exact) mass is 263 g/mol. The summed E-state index contributed by atoms with van der Waals surface area (Å²) in [6.45, 7) is 1.99. The third kappa shape index (κ3) is 2.80. The number of aromatic nitrogens is 3. The van der Waals surface area contributed by atoms with Crippen LogP contribution in [0.25, 0.3) is 0 Å². The smallest absolute Gasteiger partial charge is 0.276 e. The third-order valence-electron chi connectivity index (χ3n) is 2.27. The summed E-state index contributed by atoms with van der Waals surface area (Å²) in [7, 11) is 1.79. The minimum absolute atomic E-state index is 0.286. The van der Waals surface area contributed by atoms with Gasteiger partial charge in [0.1, 0.15) is 10.7 Å². The predicted molar refractivity (Wildman–Crippen MR) is 71.0 cm³/mol. The van der Waals surface area contributed by atoms with Gasteiger partial charge in [-0.3, -0.25) is 15.1 Å². The van der Waals surface area contributed by atoms with Crippen molar-refractivity contribution in [2.75, 3.05) is 17.7 Å². The first-order chi connectivity index (χ1) is 8.72. The fourth-order valence-corrected chi connectivity index (χ4v) is 1.99. The SMILES string of the molecule is CCc1nnc(NC(=O)c2cc(NC)ccn2)s1. The molecule has 94 valence electrons. The second kappa shape index (κ2) is 5.54. The fraction of sp³-hybridized carbons (Fsp3) is 0.273. The summed E-state index contributed by atoms with van der Waals surface area (Å²) in [5, 5.41) is 14.8. The number of anilines is 2. The normalized spacial score (nSPS) is 10.1. The van der Waals surface area contributed by atoms with Crippen LogP contribution in [-0.2, 0) is 6.42 Å². The highest BCUT2D eigenvalue weighted by Crippen LogP contribution is 2.16. The third-order valence-corrected chi connectivity index (χ3v) is 3.25. The van der Waals surface area contributed by atoms with E-state index in [1.54, 1.807) is 25.4 Å². The molecule has 0 atom stereocenters. The molecule has 0 aliphatic rings. The van der Waals surface area contributed by atoms with E-state index in [0.717, 1.165) is 17.1 Å². The summed E-state index contributed by atoms with van der Waals surface area (Å²) in [4.78, 5) is 15.9. The number of nitrogens with one attached hydrogen (secondary N) is 2. The number of hydrogen-bond acceptors (Lipinski definition) is 6. The van der Waals surface area contributed by atoms with Crippen LogP contribution < -0.4 is 10.6 Å². The molecule has 0 spiro atoms. The van der Waals surface area contributed by atoms with E-state index in [9.17, 15) is 4.79 Å². The van der Waals surface area contributed by atoms with Crippen molar-refractivity contribution in [3.8, 4) is 0 Å². The minimum Gasteiger partial charge on any atom is -0.388 e. The molecule has 0 saturated heterocycles. The largest absolute Gasteiger partial charge is 0.388 e. The molecule has 2 aromatic heterocycles. The molecular formula is C11H13N5OS. The number of pyridine rings is 1. The Morgan fingerprint density at radius 1 is 1.44 bits per heavy atom. The molecule has 18 heavy (non-hydrogen) atoms. The first-order valence-corrected chi connectivity index (χ1v) is 6.32. The maximum Gasteiger partial charge on any atom is 0.276 e. The average molecular weight is 263 g/mol. The highest BCUT2D eigenvalue weighted by Gasteiger charge is 2.11. The van der Waals surface area contributed by atoms with Gasteiger partial charge in [0.05, 0.1) is 0 Å². The Balaban J connectivity index is 2.11. The Labute approximate surface area is 108 Å². The van der Waals surface area contributed by atoms with Crippen LogP contribution in [0, 0.1) is 0 Å². The lowest BCUT2D eigenvalue weighted by Gasteiger charge is -2.03. The molecule has 0 saturated carbocycles. The molecule has 2 rings (SSSR count). The molecule has 0 bridgehead atoms. The van der Waals surface area contributed by atoms with Crippen molar-refractivity contribution < 1.29 is 4.79 Å². The summed E-state index contributed by atoms with van der Waals surface area (Å²) in [5.41, 5.74) is 1.18. The van der Waals surface area contributed by atoms with Gasteiger partial charge >= 0.3 is 0 Å². The first-order valence-electron chi connectivity index (χ1n) is 5.50. The zero-order chi connectivity index (χ0) is 13.0. The van der Waals surface area contributed by atoms with Crippen molar-refractivity contribution in [1.82, 2.24) is 15.2 Å². The van der Waals surface area contributed by atoms with Crippen molar-refractivity contribution in [3.63, 3.8) is 0 Å². The molecule has 2 heterocycles. The lowest BCUT2D eigenvalue weighted by atomic mass is 10.3. The summed E-state index contributed by atoms with van der Waals surface area (Å²) in [5.74, 6) is -0.286. The maximum absolute atomic E-state index is 11.9. The van der Waals surface area contributed by atoms with Crippen molar-refractivity contribution in [1.29, 1.82) is 0 Å². The van der Waals surface area contributed by atoms with E-state index >= 15 is 0 Å². The van der Waals surface area contributed by atoms with E-state index in [1.165, 1.54) is 11.3 Å². The topological polar surface area (TPSA) is 79.8 Å². The van der Waals surface area contributed by atoms with E-state index in [1.807, 2.05) is 6.92 Å². The van der Waals surface area contributed by atoms with Gasteiger partial charge in [0.25, 0.3) is 5.91 Å². The molecule has 0 aliphatic heterocycles. The number of hydrogen-bond donors (Lipinski definition) is 2. The first kappa shape index (κ1) is 12.4. The highest BCUT2D eigenvalue weighted by atomic mass is 32.1. The van der Waals surface area contributed by atoms with Gasteiger partial charge in [-0.15, -0.1) is 10.2 Å². The Morgan fingerprint density at radius 2 is 2.28 bits per heavy atom. The number of carbonyl (C=O) groups excluding carboxylic acids is 1. The number of amides is 1. The predicted octanol–water partition coefficient (Wildman–Crippen LogP) is 1.79. The van der Waals surface area contributed by atoms with E-state index in [0.29, 0.717) is 10.8 Å². The van der Waals surface area contributed by atoms with Gasteiger partial charge in [0.15, 0.2) is 0 Å². The van der Waals surface area contributed by atoms with Gasteiger partial charge in [-0.05, 0) is 18.6 Å². The van der Waals surface area contributed by atoms with Crippen LogP contribution in [0.4, 0.5) is 10.8 Å². The Bertz CT molecular complexity index is 554. The second-order valence-corrected chi connectivity index (χ2v) is 4.55. The maximum atomic E-state index is 11.9. The van der Waals surface area contributed by atoms with Gasteiger partial charge in [-0.25, -0.2) is 0 Å². The molecular weight excluding hydrogens is 250 g/mol. The summed E-state index contributed by atoms with van der Waals surface area (Å²) in [6.07, 6.45) is 2.39. The van der Waals surface area contributed by atoms with Crippen LogP contribution in [0.1, 0.15) is 22.4 Å². The van der Waals surface area contributed by atoms with Crippen LogP contribution in [0.2, 0.25) is 0 Å². The van der Waals surface area contributed by atoms with Crippen molar-refractivity contribution in [2.24, 2.45) is 0 Å².